The zero-order valence-electron chi connectivity index (χ0n) is 13.7. The molecule has 1 aliphatic heterocycles. The number of nitro groups is 1. The fourth-order valence-corrected chi connectivity index (χ4v) is 3.67. The van der Waals surface area contributed by atoms with Crippen molar-refractivity contribution in [1.82, 2.24) is 9.47 Å². The predicted molar refractivity (Wildman–Crippen MR) is 93.1 cm³/mol. The molecule has 0 saturated heterocycles. The number of nitro benzene ring substituents is 1. The number of fused-ring (bicyclic) bond motifs is 1. The highest BCUT2D eigenvalue weighted by Crippen LogP contribution is 2.37. The summed E-state index contributed by atoms with van der Waals surface area (Å²) in [5.74, 6) is 0. The van der Waals surface area contributed by atoms with Gasteiger partial charge in [0.25, 0.3) is 5.69 Å². The summed E-state index contributed by atoms with van der Waals surface area (Å²) in [7, 11) is 0. The molecule has 1 aliphatic rings. The number of furan rings is 1. The number of aromatic nitrogens is 1. The molecule has 4 rings (SSSR count). The monoisotopic (exact) mass is 337 g/mol. The van der Waals surface area contributed by atoms with Crippen molar-refractivity contribution in [3.63, 3.8) is 0 Å². The molecule has 3 aromatic rings. The highest BCUT2D eigenvalue weighted by molar-refractivity contribution is 5.45. The first-order valence-electron chi connectivity index (χ1n) is 8.37. The van der Waals surface area contributed by atoms with E-state index in [1.807, 2.05) is 24.3 Å². The molecule has 0 bridgehead atoms. The standard InChI is InChI=1S/C19H19N3O3/c23-22(24)17-6-2-1-5-16(17)19-18-7-3-9-20(18)10-4-11-21(19)13-15-8-12-25-14-15/h1-3,5-9,12,14,19H,4,10-11,13H2. The van der Waals surface area contributed by atoms with Crippen LogP contribution in [0.1, 0.15) is 29.3 Å². The van der Waals surface area contributed by atoms with Crippen molar-refractivity contribution in [2.24, 2.45) is 0 Å². The average molecular weight is 337 g/mol. The summed E-state index contributed by atoms with van der Waals surface area (Å²) in [4.78, 5) is 13.6. The molecule has 0 saturated carbocycles. The minimum absolute atomic E-state index is 0.158. The smallest absolute Gasteiger partial charge is 0.274 e. The van der Waals surface area contributed by atoms with Gasteiger partial charge in [0.2, 0.25) is 0 Å². The fourth-order valence-electron chi connectivity index (χ4n) is 3.67. The Bertz CT molecular complexity index is 870. The average Bonchev–Trinajstić information content (AvgIpc) is 3.25. The Kier molecular flexibility index (Phi) is 4.11. The van der Waals surface area contributed by atoms with E-state index in [1.165, 1.54) is 0 Å². The Morgan fingerprint density at radius 2 is 2.04 bits per heavy atom. The Balaban J connectivity index is 1.83. The summed E-state index contributed by atoms with van der Waals surface area (Å²) in [5, 5.41) is 11.6. The maximum absolute atomic E-state index is 11.6. The van der Waals surface area contributed by atoms with Gasteiger partial charge in [0.05, 0.1) is 29.1 Å². The largest absolute Gasteiger partial charge is 0.472 e. The summed E-state index contributed by atoms with van der Waals surface area (Å²) in [5.41, 5.74) is 3.07. The van der Waals surface area contributed by atoms with Gasteiger partial charge in [0.1, 0.15) is 0 Å². The molecular weight excluding hydrogens is 318 g/mol. The van der Waals surface area contributed by atoms with Crippen LogP contribution in [0.3, 0.4) is 0 Å². The summed E-state index contributed by atoms with van der Waals surface area (Å²) in [6.45, 7) is 2.48. The summed E-state index contributed by atoms with van der Waals surface area (Å²) in [6, 6.07) is 12.9. The minimum atomic E-state index is -0.288. The second kappa shape index (κ2) is 6.57. The van der Waals surface area contributed by atoms with Crippen molar-refractivity contribution in [3.8, 4) is 0 Å². The SMILES string of the molecule is O=[N+]([O-])c1ccccc1C1c2cccn2CCCN1Cc1ccoc1. The number of benzene rings is 1. The van der Waals surface area contributed by atoms with Gasteiger partial charge >= 0.3 is 0 Å². The lowest BCUT2D eigenvalue weighted by Gasteiger charge is -2.29. The van der Waals surface area contributed by atoms with Crippen molar-refractivity contribution in [2.45, 2.75) is 25.6 Å². The van der Waals surface area contributed by atoms with Crippen LogP contribution in [0.25, 0.3) is 0 Å². The summed E-state index contributed by atoms with van der Waals surface area (Å²) in [6.07, 6.45) is 6.45. The van der Waals surface area contributed by atoms with E-state index in [-0.39, 0.29) is 16.7 Å². The number of rotatable bonds is 4. The molecule has 0 amide bonds. The van der Waals surface area contributed by atoms with E-state index < -0.39 is 0 Å². The van der Waals surface area contributed by atoms with Crippen LogP contribution in [0, 0.1) is 10.1 Å². The lowest BCUT2D eigenvalue weighted by atomic mass is 9.99. The molecular formula is C19H19N3O3. The Labute approximate surface area is 145 Å². The van der Waals surface area contributed by atoms with Gasteiger partial charge in [0, 0.05) is 43.2 Å². The van der Waals surface area contributed by atoms with E-state index >= 15 is 0 Å². The maximum Gasteiger partial charge on any atom is 0.274 e. The molecule has 128 valence electrons. The van der Waals surface area contributed by atoms with Crippen molar-refractivity contribution < 1.29 is 9.34 Å². The van der Waals surface area contributed by atoms with Crippen LogP contribution in [0.5, 0.6) is 0 Å². The van der Waals surface area contributed by atoms with Crippen LogP contribution in [0.15, 0.2) is 65.6 Å². The number of hydrogen-bond acceptors (Lipinski definition) is 4. The van der Waals surface area contributed by atoms with Gasteiger partial charge < -0.3 is 8.98 Å². The minimum Gasteiger partial charge on any atom is -0.472 e. The summed E-state index contributed by atoms with van der Waals surface area (Å²) >= 11 is 0. The maximum atomic E-state index is 11.6. The van der Waals surface area contributed by atoms with Gasteiger partial charge in [-0.15, -0.1) is 0 Å². The Morgan fingerprint density at radius 3 is 2.84 bits per heavy atom. The van der Waals surface area contributed by atoms with Crippen molar-refractivity contribution >= 4 is 5.69 Å². The molecule has 1 atom stereocenters. The first kappa shape index (κ1) is 15.7. The zero-order chi connectivity index (χ0) is 17.2. The molecule has 1 aromatic carbocycles. The van der Waals surface area contributed by atoms with Crippen LogP contribution in [0.4, 0.5) is 5.69 Å². The number of nitrogens with zero attached hydrogens (tertiary/aromatic N) is 3. The fraction of sp³-hybridized carbons (Fsp3) is 0.263. The van der Waals surface area contributed by atoms with Crippen LogP contribution < -0.4 is 0 Å². The molecule has 3 heterocycles. The van der Waals surface area contributed by atoms with E-state index in [1.54, 1.807) is 24.7 Å². The molecule has 1 unspecified atom stereocenters. The van der Waals surface area contributed by atoms with Gasteiger partial charge in [-0.3, -0.25) is 15.0 Å². The van der Waals surface area contributed by atoms with Gasteiger partial charge in [-0.05, 0) is 24.6 Å². The Morgan fingerprint density at radius 1 is 1.16 bits per heavy atom. The first-order valence-corrected chi connectivity index (χ1v) is 8.37. The van der Waals surface area contributed by atoms with E-state index in [0.29, 0.717) is 6.54 Å². The van der Waals surface area contributed by atoms with Crippen LogP contribution >= 0.6 is 0 Å². The lowest BCUT2D eigenvalue weighted by Crippen LogP contribution is -2.29. The second-order valence-electron chi connectivity index (χ2n) is 6.30. The van der Waals surface area contributed by atoms with Crippen molar-refractivity contribution in [2.75, 3.05) is 6.54 Å². The molecule has 6 heteroatoms. The van der Waals surface area contributed by atoms with Gasteiger partial charge in [0.15, 0.2) is 0 Å². The van der Waals surface area contributed by atoms with E-state index in [4.69, 9.17) is 4.42 Å². The molecule has 2 aromatic heterocycles. The topological polar surface area (TPSA) is 64.5 Å². The second-order valence-corrected chi connectivity index (χ2v) is 6.30. The molecule has 0 radical (unpaired) electrons. The third kappa shape index (κ3) is 2.96. The van der Waals surface area contributed by atoms with Crippen molar-refractivity contribution in [3.05, 3.63) is 88.1 Å². The first-order chi connectivity index (χ1) is 12.2. The van der Waals surface area contributed by atoms with Gasteiger partial charge in [-0.1, -0.05) is 18.2 Å². The number of para-hydroxylation sites is 1. The number of aryl methyl sites for hydroxylation is 1. The van der Waals surface area contributed by atoms with E-state index in [0.717, 1.165) is 36.3 Å². The summed E-state index contributed by atoms with van der Waals surface area (Å²) < 4.78 is 7.41. The quantitative estimate of drug-likeness (QED) is 0.533. The molecule has 6 nitrogen and oxygen atoms in total. The number of hydrogen-bond donors (Lipinski definition) is 0. The highest BCUT2D eigenvalue weighted by atomic mass is 16.6. The molecule has 0 fully saturated rings. The Hall–Kier alpha value is -2.86. The van der Waals surface area contributed by atoms with Crippen molar-refractivity contribution in [1.29, 1.82) is 0 Å². The molecule has 0 spiro atoms. The molecule has 25 heavy (non-hydrogen) atoms. The predicted octanol–water partition coefficient (Wildman–Crippen LogP) is 3.98. The molecule has 0 aliphatic carbocycles. The van der Waals surface area contributed by atoms with E-state index in [2.05, 4.69) is 21.7 Å². The third-order valence-electron chi connectivity index (χ3n) is 4.75. The normalized spacial score (nSPS) is 17.8. The van der Waals surface area contributed by atoms with Gasteiger partial charge in [-0.25, -0.2) is 0 Å². The highest BCUT2D eigenvalue weighted by Gasteiger charge is 2.32. The van der Waals surface area contributed by atoms with Crippen LogP contribution in [0.2, 0.25) is 0 Å². The van der Waals surface area contributed by atoms with Crippen LogP contribution in [-0.4, -0.2) is 20.9 Å². The lowest BCUT2D eigenvalue weighted by molar-refractivity contribution is -0.385. The van der Waals surface area contributed by atoms with E-state index in [9.17, 15) is 10.1 Å². The third-order valence-corrected chi connectivity index (χ3v) is 4.75. The van der Waals surface area contributed by atoms with Crippen LogP contribution in [-0.2, 0) is 13.1 Å². The molecule has 0 N–H and O–H groups in total. The van der Waals surface area contributed by atoms with Gasteiger partial charge in [-0.2, -0.15) is 0 Å². The zero-order valence-corrected chi connectivity index (χ0v) is 13.7.